The van der Waals surface area contributed by atoms with Crippen molar-refractivity contribution < 1.29 is 4.79 Å². The fraction of sp³-hybridized carbons (Fsp3) is 0.364. The van der Waals surface area contributed by atoms with E-state index in [-0.39, 0.29) is 5.91 Å². The highest BCUT2D eigenvalue weighted by atomic mass is 79.9. The maximum absolute atomic E-state index is 11.9. The molecular weight excluding hydrogens is 274 g/mol. The first-order valence-electron chi connectivity index (χ1n) is 4.76. The number of thiophene rings is 1. The van der Waals surface area contributed by atoms with Crippen molar-refractivity contribution in [3.8, 4) is 0 Å². The van der Waals surface area contributed by atoms with Crippen LogP contribution in [0.5, 0.6) is 0 Å². The van der Waals surface area contributed by atoms with Crippen molar-refractivity contribution in [1.29, 1.82) is 0 Å². The van der Waals surface area contributed by atoms with Gasteiger partial charge in [-0.05, 0) is 40.2 Å². The van der Waals surface area contributed by atoms with Gasteiger partial charge in [0.1, 0.15) is 4.88 Å². The quantitative estimate of drug-likeness (QED) is 0.599. The Labute approximate surface area is 103 Å². The second-order valence-corrected chi connectivity index (χ2v) is 5.03. The summed E-state index contributed by atoms with van der Waals surface area (Å²) in [5.74, 6) is 0.0842. The van der Waals surface area contributed by atoms with Crippen LogP contribution >= 0.6 is 27.3 Å². The van der Waals surface area contributed by atoms with E-state index >= 15 is 0 Å². The topological polar surface area (TPSA) is 20.3 Å². The normalized spacial score (nSPS) is 10.0. The summed E-state index contributed by atoms with van der Waals surface area (Å²) < 4.78 is 0.882. The predicted molar refractivity (Wildman–Crippen MR) is 68.4 cm³/mol. The molecule has 4 heteroatoms. The summed E-state index contributed by atoms with van der Waals surface area (Å²) in [7, 11) is 1.83. The van der Waals surface area contributed by atoms with E-state index in [0.29, 0.717) is 0 Å². The van der Waals surface area contributed by atoms with Crippen molar-refractivity contribution >= 4 is 33.2 Å². The zero-order valence-corrected chi connectivity index (χ0v) is 11.1. The van der Waals surface area contributed by atoms with Gasteiger partial charge in [-0.1, -0.05) is 6.08 Å². The van der Waals surface area contributed by atoms with Crippen LogP contribution in [0.2, 0.25) is 0 Å². The number of rotatable bonds is 5. The minimum Gasteiger partial charge on any atom is -0.341 e. The Morgan fingerprint density at radius 3 is 3.00 bits per heavy atom. The second kappa shape index (κ2) is 6.08. The molecule has 0 aliphatic carbocycles. The first-order chi connectivity index (χ1) is 7.16. The molecule has 0 unspecified atom stereocenters. The van der Waals surface area contributed by atoms with Crippen LogP contribution in [0, 0.1) is 0 Å². The summed E-state index contributed by atoms with van der Waals surface area (Å²) in [6.45, 7) is 4.43. The Morgan fingerprint density at radius 1 is 1.73 bits per heavy atom. The largest absolute Gasteiger partial charge is 0.341 e. The minimum atomic E-state index is 0.0842. The van der Waals surface area contributed by atoms with Gasteiger partial charge in [0, 0.05) is 18.1 Å². The van der Waals surface area contributed by atoms with E-state index in [2.05, 4.69) is 22.5 Å². The third-order valence-corrected chi connectivity index (χ3v) is 3.89. The molecule has 2 nitrogen and oxygen atoms in total. The molecule has 1 aromatic rings. The Morgan fingerprint density at radius 2 is 2.47 bits per heavy atom. The van der Waals surface area contributed by atoms with Crippen LogP contribution in [-0.2, 0) is 0 Å². The number of hydrogen-bond donors (Lipinski definition) is 0. The van der Waals surface area contributed by atoms with Gasteiger partial charge in [-0.2, -0.15) is 0 Å². The molecule has 0 saturated carbocycles. The molecule has 0 fully saturated rings. The molecule has 0 radical (unpaired) electrons. The number of allylic oxidation sites excluding steroid dienone is 1. The smallest absolute Gasteiger partial charge is 0.264 e. The Kier molecular flexibility index (Phi) is 5.05. The van der Waals surface area contributed by atoms with Crippen LogP contribution < -0.4 is 0 Å². The molecule has 0 aliphatic heterocycles. The first-order valence-corrected chi connectivity index (χ1v) is 6.43. The van der Waals surface area contributed by atoms with Gasteiger partial charge in [0.05, 0.1) is 0 Å². The number of halogens is 1. The summed E-state index contributed by atoms with van der Waals surface area (Å²) >= 11 is 4.83. The van der Waals surface area contributed by atoms with E-state index in [1.54, 1.807) is 4.90 Å². The highest BCUT2D eigenvalue weighted by molar-refractivity contribution is 9.10. The number of nitrogens with zero attached hydrogens (tertiary/aromatic N) is 1. The van der Waals surface area contributed by atoms with Crippen molar-refractivity contribution in [2.45, 2.75) is 12.8 Å². The summed E-state index contributed by atoms with van der Waals surface area (Å²) in [5.41, 5.74) is 0. The standard InChI is InChI=1S/C11H14BrNOS/c1-3-4-5-7-13(2)11(14)10-9(12)6-8-15-10/h3,6,8H,1,4-5,7H2,2H3. The molecule has 0 bridgehead atoms. The molecule has 82 valence electrons. The fourth-order valence-corrected chi connectivity index (χ4v) is 2.73. The zero-order chi connectivity index (χ0) is 11.3. The van der Waals surface area contributed by atoms with Crippen LogP contribution in [0.1, 0.15) is 22.5 Å². The Hall–Kier alpha value is -0.610. The van der Waals surface area contributed by atoms with E-state index in [1.165, 1.54) is 11.3 Å². The highest BCUT2D eigenvalue weighted by Gasteiger charge is 2.15. The van der Waals surface area contributed by atoms with Crippen LogP contribution in [0.15, 0.2) is 28.6 Å². The first kappa shape index (κ1) is 12.5. The van der Waals surface area contributed by atoms with E-state index in [1.807, 2.05) is 24.6 Å². The van der Waals surface area contributed by atoms with Gasteiger partial charge in [0.25, 0.3) is 5.91 Å². The maximum atomic E-state index is 11.9. The zero-order valence-electron chi connectivity index (χ0n) is 8.70. The maximum Gasteiger partial charge on any atom is 0.264 e. The molecule has 0 saturated heterocycles. The summed E-state index contributed by atoms with van der Waals surface area (Å²) in [4.78, 5) is 14.4. The van der Waals surface area contributed by atoms with Gasteiger partial charge in [-0.3, -0.25) is 4.79 Å². The molecule has 0 atom stereocenters. The molecule has 0 spiro atoms. The van der Waals surface area contributed by atoms with Gasteiger partial charge in [0.15, 0.2) is 0 Å². The average Bonchev–Trinajstić information content (AvgIpc) is 2.63. The van der Waals surface area contributed by atoms with Gasteiger partial charge in [-0.15, -0.1) is 17.9 Å². The fourth-order valence-electron chi connectivity index (χ4n) is 1.19. The lowest BCUT2D eigenvalue weighted by atomic mass is 10.3. The molecule has 0 N–H and O–H groups in total. The van der Waals surface area contributed by atoms with Crippen molar-refractivity contribution in [2.24, 2.45) is 0 Å². The SMILES string of the molecule is C=CCCCN(C)C(=O)c1sccc1Br. The number of unbranched alkanes of at least 4 members (excludes halogenated alkanes) is 1. The number of hydrogen-bond acceptors (Lipinski definition) is 2. The summed E-state index contributed by atoms with van der Waals surface area (Å²) in [5, 5.41) is 1.91. The van der Waals surface area contributed by atoms with Crippen LogP contribution in [-0.4, -0.2) is 24.4 Å². The van der Waals surface area contributed by atoms with Gasteiger partial charge in [-0.25, -0.2) is 0 Å². The van der Waals surface area contributed by atoms with E-state index < -0.39 is 0 Å². The number of carbonyl (C=O) groups is 1. The lowest BCUT2D eigenvalue weighted by Crippen LogP contribution is -2.27. The number of carbonyl (C=O) groups excluding carboxylic acids is 1. The average molecular weight is 288 g/mol. The van der Waals surface area contributed by atoms with Crippen LogP contribution in [0.25, 0.3) is 0 Å². The molecular formula is C11H14BrNOS. The van der Waals surface area contributed by atoms with E-state index in [4.69, 9.17) is 0 Å². The van der Waals surface area contributed by atoms with Crippen molar-refractivity contribution in [3.05, 3.63) is 33.5 Å². The van der Waals surface area contributed by atoms with Gasteiger partial charge < -0.3 is 4.90 Å². The van der Waals surface area contributed by atoms with E-state index in [9.17, 15) is 4.79 Å². The highest BCUT2D eigenvalue weighted by Crippen LogP contribution is 2.23. The summed E-state index contributed by atoms with van der Waals surface area (Å²) in [6.07, 6.45) is 3.79. The Bertz CT molecular complexity index is 348. The number of amides is 1. The minimum absolute atomic E-state index is 0.0842. The molecule has 0 aliphatic rings. The van der Waals surface area contributed by atoms with Gasteiger partial charge in [0.2, 0.25) is 0 Å². The molecule has 1 rings (SSSR count). The predicted octanol–water partition coefficient (Wildman–Crippen LogP) is 3.55. The molecule has 1 heterocycles. The third kappa shape index (κ3) is 3.47. The molecule has 1 amide bonds. The molecule has 1 aromatic heterocycles. The van der Waals surface area contributed by atoms with Crippen LogP contribution in [0.3, 0.4) is 0 Å². The second-order valence-electron chi connectivity index (χ2n) is 3.26. The van der Waals surface area contributed by atoms with Crippen molar-refractivity contribution in [1.82, 2.24) is 4.90 Å². The van der Waals surface area contributed by atoms with Gasteiger partial charge >= 0.3 is 0 Å². The van der Waals surface area contributed by atoms with Crippen molar-refractivity contribution in [2.75, 3.05) is 13.6 Å². The van der Waals surface area contributed by atoms with Crippen molar-refractivity contribution in [3.63, 3.8) is 0 Å². The van der Waals surface area contributed by atoms with Crippen LogP contribution in [0.4, 0.5) is 0 Å². The summed E-state index contributed by atoms with van der Waals surface area (Å²) in [6, 6.07) is 1.90. The lowest BCUT2D eigenvalue weighted by Gasteiger charge is -2.15. The third-order valence-electron chi connectivity index (χ3n) is 2.06. The monoisotopic (exact) mass is 287 g/mol. The lowest BCUT2D eigenvalue weighted by molar-refractivity contribution is 0.0798. The molecule has 0 aromatic carbocycles. The van der Waals surface area contributed by atoms with E-state index in [0.717, 1.165) is 28.7 Å². The molecule has 15 heavy (non-hydrogen) atoms. The Balaban J connectivity index is 2.53.